The van der Waals surface area contributed by atoms with Gasteiger partial charge in [0.2, 0.25) is 0 Å². The van der Waals surface area contributed by atoms with Crippen LogP contribution < -0.4 is 0 Å². The molecule has 0 saturated heterocycles. The molecule has 7 heteroatoms. The zero-order valence-electron chi connectivity index (χ0n) is 18.1. The second-order valence-electron chi connectivity index (χ2n) is 7.13. The Bertz CT molecular complexity index is 1270. The topological polar surface area (TPSA) is 69.9 Å². The summed E-state index contributed by atoms with van der Waals surface area (Å²) < 4.78 is 7.45. The second kappa shape index (κ2) is 9.78. The molecule has 0 saturated carbocycles. The largest absolute Gasteiger partial charge is 0.462 e. The fourth-order valence-electron chi connectivity index (χ4n) is 3.64. The number of aromatic nitrogens is 4. The van der Waals surface area contributed by atoms with Gasteiger partial charge in [-0.2, -0.15) is 0 Å². The molecule has 0 aliphatic carbocycles. The molecule has 0 aliphatic rings. The van der Waals surface area contributed by atoms with Crippen LogP contribution in [0.5, 0.6) is 0 Å². The first-order valence-corrected chi connectivity index (χ1v) is 11.4. The van der Waals surface area contributed by atoms with Crippen molar-refractivity contribution < 1.29 is 9.53 Å². The van der Waals surface area contributed by atoms with Gasteiger partial charge in [0, 0.05) is 23.2 Å². The summed E-state index contributed by atoms with van der Waals surface area (Å²) in [6, 6.07) is 17.8. The number of thioether (sulfide) groups is 1. The number of ether oxygens (including phenoxy) is 1. The summed E-state index contributed by atoms with van der Waals surface area (Å²) in [6.45, 7) is 8.44. The minimum absolute atomic E-state index is 0.291. The van der Waals surface area contributed by atoms with Crippen LogP contribution >= 0.6 is 11.8 Å². The van der Waals surface area contributed by atoms with Crippen LogP contribution in [-0.4, -0.2) is 32.3 Å². The summed E-state index contributed by atoms with van der Waals surface area (Å²) in [4.78, 5) is 18.0. The number of hydrogen-bond acceptors (Lipinski definition) is 6. The van der Waals surface area contributed by atoms with Crippen LogP contribution in [0.15, 0.2) is 72.4 Å². The molecule has 2 aromatic carbocycles. The van der Waals surface area contributed by atoms with E-state index in [2.05, 4.69) is 16.8 Å². The van der Waals surface area contributed by atoms with Crippen molar-refractivity contribution >= 4 is 28.6 Å². The molecule has 4 rings (SSSR count). The fraction of sp³-hybridized carbons (Fsp3) is 0.200. The van der Waals surface area contributed by atoms with Gasteiger partial charge in [0.05, 0.1) is 23.4 Å². The molecule has 0 amide bonds. The molecule has 0 N–H and O–H groups in total. The molecule has 0 aliphatic heterocycles. The third-order valence-corrected chi connectivity index (χ3v) is 6.04. The number of carbonyl (C=O) groups is 1. The quantitative estimate of drug-likeness (QED) is 0.204. The fourth-order valence-corrected chi connectivity index (χ4v) is 4.57. The Hall–Kier alpha value is -3.45. The van der Waals surface area contributed by atoms with Gasteiger partial charge in [-0.3, -0.25) is 4.98 Å². The number of pyridine rings is 1. The number of aryl methyl sites for hydroxylation is 1. The Balaban J connectivity index is 1.87. The number of fused-ring (bicyclic) bond motifs is 1. The molecular formula is C25H24N4O2S. The zero-order chi connectivity index (χ0) is 22.5. The summed E-state index contributed by atoms with van der Waals surface area (Å²) >= 11 is 1.49. The molecule has 2 aromatic heterocycles. The Kier molecular flexibility index (Phi) is 6.66. The lowest BCUT2D eigenvalue weighted by Crippen LogP contribution is -2.12. The Morgan fingerprint density at radius 3 is 2.62 bits per heavy atom. The normalized spacial score (nSPS) is 10.9. The highest BCUT2D eigenvalue weighted by Crippen LogP contribution is 2.35. The van der Waals surface area contributed by atoms with Gasteiger partial charge >= 0.3 is 5.97 Å². The highest BCUT2D eigenvalue weighted by Gasteiger charge is 2.24. The van der Waals surface area contributed by atoms with Crippen molar-refractivity contribution in [2.24, 2.45) is 0 Å². The summed E-state index contributed by atoms with van der Waals surface area (Å²) in [5, 5.41) is 10.1. The second-order valence-corrected chi connectivity index (χ2v) is 8.07. The molecule has 4 aromatic rings. The van der Waals surface area contributed by atoms with Gasteiger partial charge in [-0.15, -0.1) is 16.8 Å². The monoisotopic (exact) mass is 444 g/mol. The first-order valence-electron chi connectivity index (χ1n) is 10.4. The smallest absolute Gasteiger partial charge is 0.340 e. The third kappa shape index (κ3) is 4.29. The van der Waals surface area contributed by atoms with Crippen LogP contribution in [0.2, 0.25) is 0 Å². The van der Waals surface area contributed by atoms with Gasteiger partial charge in [-0.25, -0.2) is 4.79 Å². The number of nitrogens with zero attached hydrogens (tertiary/aromatic N) is 4. The first-order chi connectivity index (χ1) is 15.6. The summed E-state index contributed by atoms with van der Waals surface area (Å²) in [5.41, 5.74) is 3.78. The summed E-state index contributed by atoms with van der Waals surface area (Å²) in [5.74, 6) is 0.895. The lowest BCUT2D eigenvalue weighted by molar-refractivity contribution is 0.0526. The van der Waals surface area contributed by atoms with Crippen molar-refractivity contribution in [2.75, 3.05) is 6.61 Å². The van der Waals surface area contributed by atoms with Crippen LogP contribution in [0.3, 0.4) is 0 Å². The minimum Gasteiger partial charge on any atom is -0.462 e. The van der Waals surface area contributed by atoms with Crippen molar-refractivity contribution in [1.29, 1.82) is 0 Å². The maximum atomic E-state index is 13.2. The van der Waals surface area contributed by atoms with E-state index in [-0.39, 0.29) is 5.97 Å². The minimum atomic E-state index is -0.371. The summed E-state index contributed by atoms with van der Waals surface area (Å²) in [7, 11) is 0. The average Bonchev–Trinajstić information content (AvgIpc) is 3.16. The SMILES string of the molecule is C=CCn1c(C)nnc1SCc1nc2ccccc2c(-c2ccccc2)c1C(=O)OCC. The van der Waals surface area contributed by atoms with E-state index in [9.17, 15) is 4.79 Å². The van der Waals surface area contributed by atoms with E-state index < -0.39 is 0 Å². The van der Waals surface area contributed by atoms with Crippen LogP contribution in [0.1, 0.15) is 28.8 Å². The molecule has 32 heavy (non-hydrogen) atoms. The van der Waals surface area contributed by atoms with Gasteiger partial charge in [-0.05, 0) is 25.5 Å². The van der Waals surface area contributed by atoms with Crippen LogP contribution in [0, 0.1) is 6.92 Å². The number of carbonyl (C=O) groups excluding carboxylic acids is 1. The van der Waals surface area contributed by atoms with E-state index >= 15 is 0 Å². The highest BCUT2D eigenvalue weighted by atomic mass is 32.2. The van der Waals surface area contributed by atoms with Gasteiger partial charge in [0.25, 0.3) is 0 Å². The van der Waals surface area contributed by atoms with Crippen molar-refractivity contribution in [3.8, 4) is 11.1 Å². The predicted octanol–water partition coefficient (Wildman–Crippen LogP) is 5.46. The average molecular weight is 445 g/mol. The molecule has 0 bridgehead atoms. The predicted molar refractivity (Wildman–Crippen MR) is 128 cm³/mol. The lowest BCUT2D eigenvalue weighted by atomic mass is 9.94. The Labute approximate surface area is 191 Å². The molecule has 0 unspecified atom stereocenters. The molecule has 6 nitrogen and oxygen atoms in total. The van der Waals surface area contributed by atoms with Crippen molar-refractivity contribution in [2.45, 2.75) is 31.3 Å². The molecular weight excluding hydrogens is 420 g/mol. The van der Waals surface area contributed by atoms with E-state index in [1.165, 1.54) is 11.8 Å². The third-order valence-electron chi connectivity index (χ3n) is 5.06. The van der Waals surface area contributed by atoms with Gasteiger partial charge in [0.15, 0.2) is 5.16 Å². The molecule has 0 atom stereocenters. The van der Waals surface area contributed by atoms with Crippen LogP contribution in [-0.2, 0) is 17.0 Å². The molecule has 2 heterocycles. The van der Waals surface area contributed by atoms with Crippen molar-refractivity contribution in [3.63, 3.8) is 0 Å². The van der Waals surface area contributed by atoms with E-state index in [4.69, 9.17) is 9.72 Å². The van der Waals surface area contributed by atoms with E-state index in [1.54, 1.807) is 0 Å². The highest BCUT2D eigenvalue weighted by molar-refractivity contribution is 7.98. The molecule has 162 valence electrons. The maximum absolute atomic E-state index is 13.2. The Morgan fingerprint density at radius 2 is 1.88 bits per heavy atom. The van der Waals surface area contributed by atoms with Gasteiger partial charge in [0.1, 0.15) is 5.82 Å². The standard InChI is InChI=1S/C25H24N4O2S/c1-4-15-29-17(3)27-28-25(29)32-16-21-23(24(30)31-5-2)22(18-11-7-6-8-12-18)19-13-9-10-14-20(19)26-21/h4,6-14H,1,5,15-16H2,2-3H3. The molecule has 0 fully saturated rings. The zero-order valence-corrected chi connectivity index (χ0v) is 18.9. The van der Waals surface area contributed by atoms with Gasteiger partial charge in [-0.1, -0.05) is 66.4 Å². The molecule has 0 spiro atoms. The number of benzene rings is 2. The number of esters is 1. The Morgan fingerprint density at radius 1 is 1.12 bits per heavy atom. The van der Waals surface area contributed by atoms with Crippen LogP contribution in [0.4, 0.5) is 0 Å². The van der Waals surface area contributed by atoms with Crippen molar-refractivity contribution in [1.82, 2.24) is 19.7 Å². The van der Waals surface area contributed by atoms with E-state index in [1.807, 2.05) is 79.1 Å². The number of rotatable bonds is 8. The van der Waals surface area contributed by atoms with Crippen molar-refractivity contribution in [3.05, 3.63) is 84.3 Å². The maximum Gasteiger partial charge on any atom is 0.340 e. The van der Waals surface area contributed by atoms with Crippen LogP contribution in [0.25, 0.3) is 22.0 Å². The number of para-hydroxylation sites is 1. The van der Waals surface area contributed by atoms with E-state index in [0.717, 1.165) is 33.0 Å². The molecule has 0 radical (unpaired) electrons. The first kappa shape index (κ1) is 21.8. The van der Waals surface area contributed by atoms with Gasteiger partial charge < -0.3 is 9.30 Å². The summed E-state index contributed by atoms with van der Waals surface area (Å²) in [6.07, 6.45) is 1.81. The number of hydrogen-bond donors (Lipinski definition) is 0. The van der Waals surface area contributed by atoms with E-state index in [0.29, 0.717) is 30.2 Å². The lowest BCUT2D eigenvalue weighted by Gasteiger charge is -2.16. The number of allylic oxidation sites excluding steroid dienone is 1.